The third kappa shape index (κ3) is 4.09. The third-order valence-corrected chi connectivity index (χ3v) is 4.57. The molecule has 0 radical (unpaired) electrons. The van der Waals surface area contributed by atoms with Gasteiger partial charge in [-0.15, -0.1) is 0 Å². The molecule has 2 amide bonds. The van der Waals surface area contributed by atoms with Gasteiger partial charge >= 0.3 is 11.7 Å². The molecule has 1 aliphatic heterocycles. The van der Waals surface area contributed by atoms with Crippen molar-refractivity contribution in [3.05, 3.63) is 63.7 Å². The lowest BCUT2D eigenvalue weighted by Crippen LogP contribution is -2.28. The SMILES string of the molecule is COC(=O)c1cc(NC(=O)C2CC(=O)N(c3ccc(F)c([N+](=O)[O-])c3)C2)ccc1F. The molecule has 2 aromatic carbocycles. The fourth-order valence-corrected chi connectivity index (χ4v) is 3.06. The van der Waals surface area contributed by atoms with Gasteiger partial charge in [0.05, 0.1) is 29.2 Å². The molecule has 0 bridgehead atoms. The van der Waals surface area contributed by atoms with E-state index < -0.39 is 45.9 Å². The molecule has 9 nitrogen and oxygen atoms in total. The number of ether oxygens (including phenoxy) is 1. The standard InChI is InChI=1S/C19H15F2N3O6/c1-30-19(27)13-7-11(2-4-14(13)20)22-18(26)10-6-17(25)23(9-10)12-3-5-15(21)16(8-12)24(28)29/h2-5,7-8,10H,6,9H2,1H3,(H,22,26). The van der Waals surface area contributed by atoms with Crippen LogP contribution in [0.3, 0.4) is 0 Å². The van der Waals surface area contributed by atoms with E-state index in [9.17, 15) is 33.3 Å². The number of benzene rings is 2. The molecule has 0 saturated carbocycles. The summed E-state index contributed by atoms with van der Waals surface area (Å²) < 4.78 is 31.7. The van der Waals surface area contributed by atoms with Crippen molar-refractivity contribution in [2.24, 2.45) is 5.92 Å². The fraction of sp³-hybridized carbons (Fsp3) is 0.211. The fourth-order valence-electron chi connectivity index (χ4n) is 3.06. The lowest BCUT2D eigenvalue weighted by Gasteiger charge is -2.17. The monoisotopic (exact) mass is 419 g/mol. The van der Waals surface area contributed by atoms with Crippen molar-refractivity contribution in [3.8, 4) is 0 Å². The van der Waals surface area contributed by atoms with Crippen molar-refractivity contribution in [1.29, 1.82) is 0 Å². The smallest absolute Gasteiger partial charge is 0.340 e. The molecule has 1 atom stereocenters. The number of carbonyl (C=O) groups excluding carboxylic acids is 3. The zero-order valence-electron chi connectivity index (χ0n) is 15.6. The lowest BCUT2D eigenvalue weighted by molar-refractivity contribution is -0.387. The number of nitrogens with one attached hydrogen (secondary N) is 1. The van der Waals surface area contributed by atoms with Crippen LogP contribution in [0, 0.1) is 27.7 Å². The van der Waals surface area contributed by atoms with Crippen LogP contribution in [0.2, 0.25) is 0 Å². The average Bonchev–Trinajstić information content (AvgIpc) is 3.10. The van der Waals surface area contributed by atoms with Crippen molar-refractivity contribution in [2.75, 3.05) is 23.9 Å². The number of methoxy groups -OCH3 is 1. The number of rotatable bonds is 5. The second kappa shape index (κ2) is 8.23. The summed E-state index contributed by atoms with van der Waals surface area (Å²) in [5.41, 5.74) is -0.920. The summed E-state index contributed by atoms with van der Waals surface area (Å²) in [4.78, 5) is 47.6. The first-order chi connectivity index (χ1) is 14.2. The molecule has 0 aromatic heterocycles. The van der Waals surface area contributed by atoms with Crippen LogP contribution in [0.5, 0.6) is 0 Å². The summed E-state index contributed by atoms with van der Waals surface area (Å²) in [6.07, 6.45) is -0.179. The molecule has 1 unspecified atom stereocenters. The van der Waals surface area contributed by atoms with E-state index in [1.165, 1.54) is 12.1 Å². The van der Waals surface area contributed by atoms with Gasteiger partial charge in [-0.2, -0.15) is 4.39 Å². The van der Waals surface area contributed by atoms with Gasteiger partial charge in [-0.05, 0) is 30.3 Å². The predicted molar refractivity (Wildman–Crippen MR) is 99.9 cm³/mol. The number of carbonyl (C=O) groups is 3. The van der Waals surface area contributed by atoms with Gasteiger partial charge in [0.1, 0.15) is 5.82 Å². The van der Waals surface area contributed by atoms with Crippen LogP contribution in [0.25, 0.3) is 0 Å². The summed E-state index contributed by atoms with van der Waals surface area (Å²) in [6.45, 7) is -0.0848. The zero-order valence-corrected chi connectivity index (χ0v) is 15.6. The first kappa shape index (κ1) is 20.8. The Hall–Kier alpha value is -3.89. The average molecular weight is 419 g/mol. The van der Waals surface area contributed by atoms with E-state index in [0.717, 1.165) is 36.3 Å². The van der Waals surface area contributed by atoms with Crippen molar-refractivity contribution in [2.45, 2.75) is 6.42 Å². The highest BCUT2D eigenvalue weighted by Gasteiger charge is 2.36. The number of nitro benzene ring substituents is 1. The van der Waals surface area contributed by atoms with Crippen LogP contribution in [-0.4, -0.2) is 36.4 Å². The molecule has 156 valence electrons. The molecule has 11 heteroatoms. The Morgan fingerprint density at radius 1 is 1.20 bits per heavy atom. The Morgan fingerprint density at radius 3 is 2.57 bits per heavy atom. The molecule has 2 aromatic rings. The molecule has 1 saturated heterocycles. The normalized spacial score (nSPS) is 15.8. The van der Waals surface area contributed by atoms with E-state index in [4.69, 9.17) is 0 Å². The predicted octanol–water partition coefficient (Wildman–Crippen LogP) is 2.65. The van der Waals surface area contributed by atoms with Crippen LogP contribution < -0.4 is 10.2 Å². The molecule has 30 heavy (non-hydrogen) atoms. The Bertz CT molecular complexity index is 1060. The minimum atomic E-state index is -1.04. The minimum Gasteiger partial charge on any atom is -0.465 e. The first-order valence-electron chi connectivity index (χ1n) is 8.64. The molecule has 1 heterocycles. The first-order valence-corrected chi connectivity index (χ1v) is 8.64. The zero-order chi connectivity index (χ0) is 22.0. The molecule has 0 aliphatic carbocycles. The molecular weight excluding hydrogens is 404 g/mol. The van der Waals surface area contributed by atoms with Gasteiger partial charge in [0.25, 0.3) is 0 Å². The number of nitrogens with zero attached hydrogens (tertiary/aromatic N) is 2. The molecule has 1 fully saturated rings. The summed E-state index contributed by atoms with van der Waals surface area (Å²) in [7, 11) is 1.09. The lowest BCUT2D eigenvalue weighted by atomic mass is 10.1. The van der Waals surface area contributed by atoms with Crippen LogP contribution in [-0.2, 0) is 14.3 Å². The maximum atomic E-state index is 13.7. The van der Waals surface area contributed by atoms with Gasteiger partial charge in [0.2, 0.25) is 17.6 Å². The Kier molecular flexibility index (Phi) is 5.72. The molecule has 0 spiro atoms. The maximum Gasteiger partial charge on any atom is 0.340 e. The molecule has 1 aliphatic rings. The van der Waals surface area contributed by atoms with Gasteiger partial charge in [-0.1, -0.05) is 0 Å². The Morgan fingerprint density at radius 2 is 1.90 bits per heavy atom. The van der Waals surface area contributed by atoms with E-state index in [0.29, 0.717) is 0 Å². The van der Waals surface area contributed by atoms with Gasteiger partial charge in [0, 0.05) is 24.7 Å². The van der Waals surface area contributed by atoms with Crippen molar-refractivity contribution in [1.82, 2.24) is 0 Å². The summed E-state index contributed by atoms with van der Waals surface area (Å²) in [5.74, 6) is -4.62. The van der Waals surface area contributed by atoms with E-state index in [1.807, 2.05) is 0 Å². The van der Waals surface area contributed by atoms with E-state index in [1.54, 1.807) is 0 Å². The topological polar surface area (TPSA) is 119 Å². The van der Waals surface area contributed by atoms with E-state index >= 15 is 0 Å². The number of esters is 1. The molecule has 3 rings (SSSR count). The number of amides is 2. The Balaban J connectivity index is 1.75. The summed E-state index contributed by atoms with van der Waals surface area (Å²) >= 11 is 0. The van der Waals surface area contributed by atoms with Crippen LogP contribution in [0.15, 0.2) is 36.4 Å². The number of hydrogen-bond donors (Lipinski definition) is 1. The molecular formula is C19H15F2N3O6. The van der Waals surface area contributed by atoms with Crippen molar-refractivity contribution >= 4 is 34.8 Å². The van der Waals surface area contributed by atoms with Crippen LogP contribution in [0.1, 0.15) is 16.8 Å². The number of nitro groups is 1. The van der Waals surface area contributed by atoms with Crippen LogP contribution >= 0.6 is 0 Å². The minimum absolute atomic E-state index is 0.0848. The Labute approximate surface area is 168 Å². The van der Waals surface area contributed by atoms with Crippen molar-refractivity contribution in [3.63, 3.8) is 0 Å². The maximum absolute atomic E-state index is 13.7. The quantitative estimate of drug-likeness (QED) is 0.452. The second-order valence-corrected chi connectivity index (χ2v) is 6.47. The van der Waals surface area contributed by atoms with Gasteiger partial charge < -0.3 is 15.0 Å². The van der Waals surface area contributed by atoms with Gasteiger partial charge in [-0.25, -0.2) is 9.18 Å². The number of anilines is 2. The van der Waals surface area contributed by atoms with Crippen molar-refractivity contribution < 1.29 is 32.8 Å². The second-order valence-electron chi connectivity index (χ2n) is 6.47. The van der Waals surface area contributed by atoms with Crippen LogP contribution in [0.4, 0.5) is 25.8 Å². The number of halogens is 2. The third-order valence-electron chi connectivity index (χ3n) is 4.57. The van der Waals surface area contributed by atoms with E-state index in [-0.39, 0.29) is 29.9 Å². The highest BCUT2D eigenvalue weighted by Crippen LogP contribution is 2.30. The highest BCUT2D eigenvalue weighted by atomic mass is 19.1. The van der Waals surface area contributed by atoms with Gasteiger partial charge in [-0.3, -0.25) is 19.7 Å². The molecule has 1 N–H and O–H groups in total. The largest absolute Gasteiger partial charge is 0.465 e. The number of hydrogen-bond acceptors (Lipinski definition) is 6. The summed E-state index contributed by atoms with van der Waals surface area (Å²) in [5, 5.41) is 13.4. The summed E-state index contributed by atoms with van der Waals surface area (Å²) in [6, 6.07) is 6.36. The van der Waals surface area contributed by atoms with Gasteiger partial charge in [0.15, 0.2) is 0 Å². The van der Waals surface area contributed by atoms with E-state index in [2.05, 4.69) is 10.1 Å². The highest BCUT2D eigenvalue weighted by molar-refractivity contribution is 6.04.